The van der Waals surface area contributed by atoms with Gasteiger partial charge >= 0.3 is 0 Å². The van der Waals surface area contributed by atoms with E-state index in [1.165, 1.54) is 25.9 Å². The van der Waals surface area contributed by atoms with Gasteiger partial charge in [-0.15, -0.1) is 0 Å². The first kappa shape index (κ1) is 12.9. The third kappa shape index (κ3) is 4.09. The van der Waals surface area contributed by atoms with Crippen LogP contribution in [-0.4, -0.2) is 49.8 Å². The van der Waals surface area contributed by atoms with Crippen molar-refractivity contribution in [2.45, 2.75) is 45.8 Å². The van der Waals surface area contributed by atoms with E-state index in [0.717, 1.165) is 19.7 Å². The summed E-state index contributed by atoms with van der Waals surface area (Å²) in [5.74, 6) is 0. The molecule has 1 saturated heterocycles. The van der Waals surface area contributed by atoms with Crippen molar-refractivity contribution in [2.75, 3.05) is 32.8 Å². The minimum Gasteiger partial charge on any atom is -0.374 e. The van der Waals surface area contributed by atoms with E-state index in [4.69, 9.17) is 4.74 Å². The van der Waals surface area contributed by atoms with Crippen molar-refractivity contribution in [2.24, 2.45) is 0 Å². The number of hydrogen-bond acceptors (Lipinski definition) is 3. The quantitative estimate of drug-likeness (QED) is 0.725. The summed E-state index contributed by atoms with van der Waals surface area (Å²) in [5, 5.41) is 3.40. The molecule has 15 heavy (non-hydrogen) atoms. The van der Waals surface area contributed by atoms with Crippen LogP contribution in [0.1, 0.15) is 33.6 Å². The van der Waals surface area contributed by atoms with Crippen molar-refractivity contribution in [3.8, 4) is 0 Å². The summed E-state index contributed by atoms with van der Waals surface area (Å²) in [4.78, 5) is 2.55. The van der Waals surface area contributed by atoms with Gasteiger partial charge in [-0.1, -0.05) is 13.8 Å². The average molecular weight is 214 g/mol. The van der Waals surface area contributed by atoms with Gasteiger partial charge in [-0.2, -0.15) is 0 Å². The van der Waals surface area contributed by atoms with Crippen LogP contribution in [0.5, 0.6) is 0 Å². The minimum atomic E-state index is 0.372. The van der Waals surface area contributed by atoms with Crippen LogP contribution in [0.15, 0.2) is 0 Å². The van der Waals surface area contributed by atoms with Gasteiger partial charge in [0.15, 0.2) is 0 Å². The van der Waals surface area contributed by atoms with Crippen LogP contribution >= 0.6 is 0 Å². The molecule has 1 aliphatic heterocycles. The molecule has 1 rings (SSSR count). The first-order valence-electron chi connectivity index (χ1n) is 6.36. The topological polar surface area (TPSA) is 24.5 Å². The highest BCUT2D eigenvalue weighted by molar-refractivity contribution is 4.80. The van der Waals surface area contributed by atoms with Crippen LogP contribution in [0.4, 0.5) is 0 Å². The van der Waals surface area contributed by atoms with E-state index in [2.05, 4.69) is 31.0 Å². The maximum Gasteiger partial charge on any atom is 0.0852 e. The molecule has 1 heterocycles. The number of ether oxygens (including phenoxy) is 1. The Morgan fingerprint density at radius 1 is 1.33 bits per heavy atom. The van der Waals surface area contributed by atoms with E-state index in [-0.39, 0.29) is 0 Å². The Kier molecular flexibility index (Phi) is 6.22. The molecule has 0 saturated carbocycles. The van der Waals surface area contributed by atoms with Gasteiger partial charge in [-0.3, -0.25) is 4.90 Å². The summed E-state index contributed by atoms with van der Waals surface area (Å²) in [7, 11) is 0. The molecule has 3 nitrogen and oxygen atoms in total. The molecule has 1 aliphatic rings. The second-order valence-corrected chi connectivity index (χ2v) is 4.39. The maximum atomic E-state index is 5.81. The standard InChI is InChI=1S/C12H26N2O/c1-4-7-14(8-5-2)11(3)12-10-13-6-9-15-12/h11-13H,4-10H2,1-3H3. The van der Waals surface area contributed by atoms with E-state index >= 15 is 0 Å². The minimum absolute atomic E-state index is 0.372. The molecule has 0 aromatic carbocycles. The molecule has 0 radical (unpaired) electrons. The molecule has 2 unspecified atom stereocenters. The lowest BCUT2D eigenvalue weighted by molar-refractivity contribution is -0.0261. The fourth-order valence-electron chi connectivity index (χ4n) is 2.22. The number of hydrogen-bond donors (Lipinski definition) is 1. The molecule has 0 bridgehead atoms. The van der Waals surface area contributed by atoms with Crippen LogP contribution in [0.3, 0.4) is 0 Å². The van der Waals surface area contributed by atoms with Crippen LogP contribution in [0.2, 0.25) is 0 Å². The van der Waals surface area contributed by atoms with E-state index < -0.39 is 0 Å². The van der Waals surface area contributed by atoms with E-state index in [1.807, 2.05) is 0 Å². The normalized spacial score (nSPS) is 24.4. The molecule has 0 aromatic rings. The summed E-state index contributed by atoms with van der Waals surface area (Å²) >= 11 is 0. The number of nitrogens with zero attached hydrogens (tertiary/aromatic N) is 1. The van der Waals surface area contributed by atoms with Gasteiger partial charge in [-0.25, -0.2) is 0 Å². The zero-order chi connectivity index (χ0) is 11.1. The summed E-state index contributed by atoms with van der Waals surface area (Å²) in [5.41, 5.74) is 0. The summed E-state index contributed by atoms with van der Waals surface area (Å²) in [6, 6.07) is 0.540. The maximum absolute atomic E-state index is 5.81. The van der Waals surface area contributed by atoms with Crippen molar-refractivity contribution in [1.82, 2.24) is 10.2 Å². The Labute approximate surface area is 94.2 Å². The van der Waals surface area contributed by atoms with Crippen LogP contribution in [0, 0.1) is 0 Å². The van der Waals surface area contributed by atoms with Gasteiger partial charge in [0.05, 0.1) is 12.7 Å². The fraction of sp³-hybridized carbons (Fsp3) is 1.00. The SMILES string of the molecule is CCCN(CCC)C(C)C1CNCCO1. The fourth-order valence-corrected chi connectivity index (χ4v) is 2.22. The lowest BCUT2D eigenvalue weighted by Crippen LogP contribution is -2.51. The van der Waals surface area contributed by atoms with Crippen molar-refractivity contribution < 1.29 is 4.74 Å². The van der Waals surface area contributed by atoms with Gasteiger partial charge in [0.25, 0.3) is 0 Å². The lowest BCUT2D eigenvalue weighted by atomic mass is 10.1. The highest BCUT2D eigenvalue weighted by Crippen LogP contribution is 2.11. The van der Waals surface area contributed by atoms with Gasteiger partial charge in [0, 0.05) is 19.1 Å². The molecule has 2 atom stereocenters. The molecule has 0 amide bonds. The first-order valence-corrected chi connectivity index (χ1v) is 6.36. The Hall–Kier alpha value is -0.120. The Morgan fingerprint density at radius 2 is 2.00 bits per heavy atom. The zero-order valence-corrected chi connectivity index (χ0v) is 10.5. The highest BCUT2D eigenvalue weighted by Gasteiger charge is 2.24. The van der Waals surface area contributed by atoms with Crippen molar-refractivity contribution in [3.63, 3.8) is 0 Å². The molecule has 0 aromatic heterocycles. The highest BCUT2D eigenvalue weighted by atomic mass is 16.5. The smallest absolute Gasteiger partial charge is 0.0852 e. The largest absolute Gasteiger partial charge is 0.374 e. The predicted octanol–water partition coefficient (Wildman–Crippen LogP) is 1.49. The van der Waals surface area contributed by atoms with Gasteiger partial charge < -0.3 is 10.1 Å². The van der Waals surface area contributed by atoms with Crippen molar-refractivity contribution in [3.05, 3.63) is 0 Å². The van der Waals surface area contributed by atoms with E-state index in [1.54, 1.807) is 0 Å². The molecule has 0 aliphatic carbocycles. The Balaban J connectivity index is 2.41. The van der Waals surface area contributed by atoms with Crippen LogP contribution in [0.25, 0.3) is 0 Å². The third-order valence-corrected chi connectivity index (χ3v) is 3.09. The van der Waals surface area contributed by atoms with Crippen molar-refractivity contribution in [1.29, 1.82) is 0 Å². The van der Waals surface area contributed by atoms with Gasteiger partial charge in [0.2, 0.25) is 0 Å². The lowest BCUT2D eigenvalue weighted by Gasteiger charge is -2.36. The summed E-state index contributed by atoms with van der Waals surface area (Å²) in [6.45, 7) is 12.0. The average Bonchev–Trinajstić information content (AvgIpc) is 2.29. The number of nitrogens with one attached hydrogen (secondary N) is 1. The monoisotopic (exact) mass is 214 g/mol. The zero-order valence-electron chi connectivity index (χ0n) is 10.5. The van der Waals surface area contributed by atoms with E-state index in [0.29, 0.717) is 12.1 Å². The Morgan fingerprint density at radius 3 is 2.47 bits per heavy atom. The molecule has 3 heteroatoms. The van der Waals surface area contributed by atoms with Gasteiger partial charge in [0.1, 0.15) is 0 Å². The predicted molar refractivity (Wildman–Crippen MR) is 64.2 cm³/mol. The molecule has 1 fully saturated rings. The van der Waals surface area contributed by atoms with Gasteiger partial charge in [-0.05, 0) is 32.9 Å². The molecule has 0 spiro atoms. The van der Waals surface area contributed by atoms with Crippen molar-refractivity contribution >= 4 is 0 Å². The molecule has 1 N–H and O–H groups in total. The van der Waals surface area contributed by atoms with Crippen LogP contribution in [-0.2, 0) is 4.74 Å². The number of rotatable bonds is 6. The second kappa shape index (κ2) is 7.20. The van der Waals surface area contributed by atoms with E-state index in [9.17, 15) is 0 Å². The molecular formula is C12H26N2O. The molecular weight excluding hydrogens is 188 g/mol. The number of morpholine rings is 1. The summed E-state index contributed by atoms with van der Waals surface area (Å²) in [6.07, 6.45) is 2.83. The second-order valence-electron chi connectivity index (χ2n) is 4.39. The van der Waals surface area contributed by atoms with Crippen LogP contribution < -0.4 is 5.32 Å². The first-order chi connectivity index (χ1) is 7.29. The third-order valence-electron chi connectivity index (χ3n) is 3.09. The Bertz CT molecular complexity index is 152. The molecule has 90 valence electrons. The summed E-state index contributed by atoms with van der Waals surface area (Å²) < 4.78 is 5.81.